The molecule has 2 N–H and O–H groups in total. The number of hydrogen-bond acceptors (Lipinski definition) is 4. The van der Waals surface area contributed by atoms with Gasteiger partial charge in [-0.3, -0.25) is 0 Å². The number of rotatable bonds is 5. The maximum absolute atomic E-state index is 12.1. The second-order valence-corrected chi connectivity index (χ2v) is 6.97. The molecule has 0 heterocycles. The van der Waals surface area contributed by atoms with E-state index in [0.717, 1.165) is 0 Å². The highest BCUT2D eigenvalue weighted by molar-refractivity contribution is 7.89. The molecule has 6 heteroatoms. The number of nitrogens with one attached hydrogen (secondary N) is 1. The number of sulfonamides is 1. The van der Waals surface area contributed by atoms with Gasteiger partial charge in [-0.2, -0.15) is 5.26 Å². The van der Waals surface area contributed by atoms with Crippen molar-refractivity contribution < 1.29 is 13.5 Å². The van der Waals surface area contributed by atoms with E-state index < -0.39 is 15.4 Å². The molecule has 0 aliphatic heterocycles. The number of aliphatic hydroxyl groups is 1. The fourth-order valence-electron chi connectivity index (χ4n) is 1.44. The average Bonchev–Trinajstić information content (AvgIpc) is 2.36. The lowest BCUT2D eigenvalue weighted by Crippen LogP contribution is -2.36. The highest BCUT2D eigenvalue weighted by Crippen LogP contribution is 2.18. The van der Waals surface area contributed by atoms with Crippen LogP contribution in [0.5, 0.6) is 0 Å². The van der Waals surface area contributed by atoms with Gasteiger partial charge in [0.15, 0.2) is 0 Å². The van der Waals surface area contributed by atoms with Crippen LogP contribution in [0.2, 0.25) is 0 Å². The van der Waals surface area contributed by atoms with Crippen LogP contribution < -0.4 is 4.72 Å². The van der Waals surface area contributed by atoms with Crippen molar-refractivity contribution in [2.45, 2.75) is 25.7 Å². The highest BCUT2D eigenvalue weighted by Gasteiger charge is 2.22. The molecule has 0 aliphatic carbocycles. The predicted molar refractivity (Wildman–Crippen MR) is 71.9 cm³/mol. The fourth-order valence-corrected chi connectivity index (χ4v) is 2.91. The Bertz CT molecular complexity index is 601. The number of nitrogens with zero attached hydrogens (tertiary/aromatic N) is 1. The van der Waals surface area contributed by atoms with Gasteiger partial charge in [0.25, 0.3) is 0 Å². The van der Waals surface area contributed by atoms with E-state index >= 15 is 0 Å². The molecule has 0 atom stereocenters. The van der Waals surface area contributed by atoms with Gasteiger partial charge in [0, 0.05) is 18.6 Å². The molecule has 0 saturated heterocycles. The van der Waals surface area contributed by atoms with Crippen LogP contribution in [-0.2, 0) is 10.0 Å². The maximum Gasteiger partial charge on any atom is 0.240 e. The number of aliphatic hydroxyl groups excluding tert-OH is 1. The van der Waals surface area contributed by atoms with Gasteiger partial charge < -0.3 is 5.11 Å². The Kier molecular flexibility index (Phi) is 4.69. The third-order valence-corrected chi connectivity index (χ3v) is 4.32. The largest absolute Gasteiger partial charge is 0.396 e. The Labute approximate surface area is 113 Å². The lowest BCUT2D eigenvalue weighted by atomic mass is 9.96. The summed E-state index contributed by atoms with van der Waals surface area (Å²) < 4.78 is 26.8. The minimum absolute atomic E-state index is 0.109. The van der Waals surface area contributed by atoms with E-state index in [-0.39, 0.29) is 18.0 Å². The van der Waals surface area contributed by atoms with Gasteiger partial charge in [-0.15, -0.1) is 0 Å². The number of nitriles is 1. The molecule has 1 aromatic carbocycles. The number of benzene rings is 1. The lowest BCUT2D eigenvalue weighted by Gasteiger charge is -2.22. The van der Waals surface area contributed by atoms with Gasteiger partial charge in [0.2, 0.25) is 10.0 Å². The van der Waals surface area contributed by atoms with E-state index in [0.29, 0.717) is 11.1 Å². The van der Waals surface area contributed by atoms with Crippen LogP contribution in [0, 0.1) is 23.7 Å². The average molecular weight is 282 g/mol. The first-order valence-electron chi connectivity index (χ1n) is 5.83. The van der Waals surface area contributed by atoms with Crippen LogP contribution in [0.25, 0.3) is 0 Å². The third-order valence-electron chi connectivity index (χ3n) is 2.76. The van der Waals surface area contributed by atoms with Gasteiger partial charge in [-0.05, 0) is 30.7 Å². The quantitative estimate of drug-likeness (QED) is 0.848. The molecular weight excluding hydrogens is 264 g/mol. The van der Waals surface area contributed by atoms with Gasteiger partial charge in [-0.25, -0.2) is 13.1 Å². The first-order chi connectivity index (χ1) is 8.72. The normalized spacial score (nSPS) is 12.2. The van der Waals surface area contributed by atoms with E-state index in [9.17, 15) is 8.42 Å². The minimum atomic E-state index is -3.63. The summed E-state index contributed by atoms with van der Waals surface area (Å²) in [7, 11) is -3.63. The maximum atomic E-state index is 12.1. The first kappa shape index (κ1) is 15.6. The van der Waals surface area contributed by atoms with Crippen molar-refractivity contribution in [3.8, 4) is 6.07 Å². The van der Waals surface area contributed by atoms with E-state index in [1.54, 1.807) is 20.8 Å². The van der Waals surface area contributed by atoms with Crippen molar-refractivity contribution in [2.75, 3.05) is 13.2 Å². The molecule has 0 amide bonds. The molecule has 104 valence electrons. The van der Waals surface area contributed by atoms with Crippen LogP contribution in [0.1, 0.15) is 25.0 Å². The molecular formula is C13H18N2O3S. The number of hydrogen-bond donors (Lipinski definition) is 2. The third kappa shape index (κ3) is 4.03. The monoisotopic (exact) mass is 282 g/mol. The molecule has 0 bridgehead atoms. The molecule has 0 radical (unpaired) electrons. The molecule has 5 nitrogen and oxygen atoms in total. The Balaban J connectivity index is 2.99. The van der Waals surface area contributed by atoms with E-state index in [1.165, 1.54) is 18.2 Å². The second kappa shape index (κ2) is 5.70. The van der Waals surface area contributed by atoms with Crippen LogP contribution in [0.4, 0.5) is 0 Å². The zero-order valence-electron chi connectivity index (χ0n) is 11.3. The van der Waals surface area contributed by atoms with E-state index in [2.05, 4.69) is 4.72 Å². The summed E-state index contributed by atoms with van der Waals surface area (Å²) in [6, 6.07) is 6.39. The zero-order chi connectivity index (χ0) is 14.7. The zero-order valence-corrected chi connectivity index (χ0v) is 12.1. The van der Waals surface area contributed by atoms with Crippen molar-refractivity contribution in [1.29, 1.82) is 5.26 Å². The van der Waals surface area contributed by atoms with Crippen molar-refractivity contribution in [2.24, 2.45) is 5.41 Å². The summed E-state index contributed by atoms with van der Waals surface area (Å²) in [5.41, 5.74) is 0.425. The van der Waals surface area contributed by atoms with Gasteiger partial charge in [-0.1, -0.05) is 13.8 Å². The SMILES string of the molecule is Cc1cc(C#N)ccc1S(=O)(=O)NCC(C)(C)CO. The molecule has 0 saturated carbocycles. The van der Waals surface area contributed by atoms with Crippen LogP contribution in [0.15, 0.2) is 23.1 Å². The van der Waals surface area contributed by atoms with Crippen molar-refractivity contribution >= 4 is 10.0 Å². The summed E-state index contributed by atoms with van der Waals surface area (Å²) in [6.07, 6.45) is 0. The summed E-state index contributed by atoms with van der Waals surface area (Å²) >= 11 is 0. The second-order valence-electron chi connectivity index (χ2n) is 5.24. The molecule has 0 aliphatic rings. The smallest absolute Gasteiger partial charge is 0.240 e. The Morgan fingerprint density at radius 1 is 1.42 bits per heavy atom. The molecule has 0 fully saturated rings. The van der Waals surface area contributed by atoms with Crippen molar-refractivity contribution in [3.63, 3.8) is 0 Å². The van der Waals surface area contributed by atoms with Crippen LogP contribution >= 0.6 is 0 Å². The van der Waals surface area contributed by atoms with Gasteiger partial charge in [0.1, 0.15) is 0 Å². The Morgan fingerprint density at radius 3 is 2.53 bits per heavy atom. The summed E-state index contributed by atoms with van der Waals surface area (Å²) in [5, 5.41) is 17.9. The number of aryl methyl sites for hydroxylation is 1. The minimum Gasteiger partial charge on any atom is -0.396 e. The molecule has 0 unspecified atom stereocenters. The van der Waals surface area contributed by atoms with Crippen LogP contribution in [-0.4, -0.2) is 26.7 Å². The summed E-state index contributed by atoms with van der Waals surface area (Å²) in [5.74, 6) is 0. The molecule has 19 heavy (non-hydrogen) atoms. The Hall–Kier alpha value is -1.42. The van der Waals surface area contributed by atoms with Crippen molar-refractivity contribution in [1.82, 2.24) is 4.72 Å². The van der Waals surface area contributed by atoms with Crippen LogP contribution in [0.3, 0.4) is 0 Å². The van der Waals surface area contributed by atoms with Gasteiger partial charge in [0.05, 0.1) is 16.5 Å². The summed E-state index contributed by atoms with van der Waals surface area (Å²) in [6.45, 7) is 5.21. The van der Waals surface area contributed by atoms with E-state index in [1.807, 2.05) is 6.07 Å². The molecule has 1 aromatic rings. The molecule has 0 aromatic heterocycles. The van der Waals surface area contributed by atoms with Gasteiger partial charge >= 0.3 is 0 Å². The van der Waals surface area contributed by atoms with Crippen molar-refractivity contribution in [3.05, 3.63) is 29.3 Å². The van der Waals surface area contributed by atoms with E-state index in [4.69, 9.17) is 10.4 Å². The molecule has 0 spiro atoms. The standard InChI is InChI=1S/C13H18N2O3S/c1-10-6-11(7-14)4-5-12(10)19(17,18)15-8-13(2,3)9-16/h4-6,15-16H,8-9H2,1-3H3. The first-order valence-corrected chi connectivity index (χ1v) is 7.31. The summed E-state index contributed by atoms with van der Waals surface area (Å²) in [4.78, 5) is 0.153. The molecule has 1 rings (SSSR count). The fraction of sp³-hybridized carbons (Fsp3) is 0.462. The topological polar surface area (TPSA) is 90.2 Å². The predicted octanol–water partition coefficient (Wildman–Crippen LogP) is 1.16. The Morgan fingerprint density at radius 2 is 2.05 bits per heavy atom. The lowest BCUT2D eigenvalue weighted by molar-refractivity contribution is 0.163. The highest BCUT2D eigenvalue weighted by atomic mass is 32.2.